The molecule has 0 aliphatic carbocycles. The van der Waals surface area contributed by atoms with Gasteiger partial charge in [0.1, 0.15) is 16.8 Å². The van der Waals surface area contributed by atoms with Crippen LogP contribution in [0.25, 0.3) is 0 Å². The van der Waals surface area contributed by atoms with Crippen LogP contribution >= 0.6 is 11.3 Å². The molecular weight excluding hydrogens is 262 g/mol. The fraction of sp³-hybridized carbons (Fsp3) is 0.0769. The van der Waals surface area contributed by atoms with Crippen molar-refractivity contribution in [3.63, 3.8) is 0 Å². The van der Waals surface area contributed by atoms with Crippen molar-refractivity contribution in [1.29, 1.82) is 5.26 Å². The van der Waals surface area contributed by atoms with E-state index < -0.39 is 0 Å². The highest BCUT2D eigenvalue weighted by Crippen LogP contribution is 2.25. The molecule has 0 saturated carbocycles. The zero-order valence-electron chi connectivity index (χ0n) is 10.1. The zero-order chi connectivity index (χ0) is 13.8. The van der Waals surface area contributed by atoms with Gasteiger partial charge in [-0.15, -0.1) is 11.3 Å². The molecule has 6 heteroatoms. The number of amides is 1. The van der Waals surface area contributed by atoms with Crippen molar-refractivity contribution in [3.8, 4) is 11.8 Å². The maximum atomic E-state index is 12.1. The van der Waals surface area contributed by atoms with Crippen LogP contribution in [-0.2, 0) is 0 Å². The molecule has 2 rings (SSSR count). The van der Waals surface area contributed by atoms with E-state index in [0.29, 0.717) is 27.6 Å². The largest absolute Gasteiger partial charge is 0.497 e. The first-order chi connectivity index (χ1) is 9.15. The highest BCUT2D eigenvalue weighted by atomic mass is 32.1. The minimum absolute atomic E-state index is 0.316. The molecule has 0 saturated heterocycles. The number of hydrogen-bond acceptors (Lipinski definition) is 5. The summed E-state index contributed by atoms with van der Waals surface area (Å²) < 4.78 is 5.05. The molecule has 0 unspecified atom stereocenters. The van der Waals surface area contributed by atoms with Crippen molar-refractivity contribution in [2.45, 2.75) is 0 Å². The molecule has 96 valence electrons. The molecule has 3 N–H and O–H groups in total. The predicted octanol–water partition coefficient (Wildman–Crippen LogP) is 2.46. The molecular formula is C13H11N3O2S. The van der Waals surface area contributed by atoms with Gasteiger partial charge >= 0.3 is 0 Å². The van der Waals surface area contributed by atoms with Crippen molar-refractivity contribution in [3.05, 3.63) is 40.8 Å². The molecule has 1 aromatic heterocycles. The van der Waals surface area contributed by atoms with Gasteiger partial charge < -0.3 is 15.8 Å². The smallest absolute Gasteiger partial charge is 0.258 e. The second-order valence-electron chi connectivity index (χ2n) is 3.68. The monoisotopic (exact) mass is 273 g/mol. The van der Waals surface area contributed by atoms with Gasteiger partial charge in [-0.05, 0) is 29.6 Å². The third-order valence-electron chi connectivity index (χ3n) is 2.52. The summed E-state index contributed by atoms with van der Waals surface area (Å²) in [6, 6.07) is 8.50. The number of nitrogens with two attached hydrogens (primary N) is 1. The number of hydrogen-bond donors (Lipinski definition) is 2. The Morgan fingerprint density at radius 3 is 2.95 bits per heavy atom. The van der Waals surface area contributed by atoms with E-state index in [1.165, 1.54) is 18.4 Å². The van der Waals surface area contributed by atoms with Gasteiger partial charge in [-0.1, -0.05) is 0 Å². The second-order valence-corrected chi connectivity index (χ2v) is 4.60. The summed E-state index contributed by atoms with van der Waals surface area (Å²) in [6.45, 7) is 0. The van der Waals surface area contributed by atoms with E-state index in [-0.39, 0.29) is 5.91 Å². The third kappa shape index (κ3) is 2.67. The van der Waals surface area contributed by atoms with E-state index >= 15 is 0 Å². The Morgan fingerprint density at radius 2 is 2.26 bits per heavy atom. The first-order valence-electron chi connectivity index (χ1n) is 5.38. The van der Waals surface area contributed by atoms with E-state index in [1.54, 1.807) is 29.6 Å². The van der Waals surface area contributed by atoms with Gasteiger partial charge in [-0.3, -0.25) is 4.79 Å². The van der Waals surface area contributed by atoms with Crippen LogP contribution in [0, 0.1) is 11.3 Å². The molecule has 1 heterocycles. The topological polar surface area (TPSA) is 88.1 Å². The number of thiophene rings is 1. The van der Waals surface area contributed by atoms with Crippen LogP contribution in [0.5, 0.6) is 5.75 Å². The normalized spacial score (nSPS) is 9.68. The molecule has 0 aliphatic heterocycles. The summed E-state index contributed by atoms with van der Waals surface area (Å²) in [6.07, 6.45) is 0. The van der Waals surface area contributed by atoms with E-state index in [4.69, 9.17) is 15.7 Å². The number of carbonyl (C=O) groups excluding carboxylic acids is 1. The van der Waals surface area contributed by atoms with Crippen LogP contribution in [0.15, 0.2) is 29.6 Å². The minimum atomic E-state index is -0.365. The number of methoxy groups -OCH3 is 1. The molecule has 0 bridgehead atoms. The lowest BCUT2D eigenvalue weighted by molar-refractivity contribution is 0.102. The predicted molar refractivity (Wildman–Crippen MR) is 74.4 cm³/mol. The second kappa shape index (κ2) is 5.42. The number of benzene rings is 1. The van der Waals surface area contributed by atoms with Crippen LogP contribution in [0.2, 0.25) is 0 Å². The van der Waals surface area contributed by atoms with Crippen molar-refractivity contribution in [2.24, 2.45) is 0 Å². The number of nitrogens with one attached hydrogen (secondary N) is 1. The van der Waals surface area contributed by atoms with Crippen LogP contribution < -0.4 is 15.8 Å². The number of nitrogen functional groups attached to an aromatic ring is 1. The maximum absolute atomic E-state index is 12.1. The van der Waals surface area contributed by atoms with Crippen LogP contribution in [0.3, 0.4) is 0 Å². The quantitative estimate of drug-likeness (QED) is 0.841. The summed E-state index contributed by atoms with van der Waals surface area (Å²) in [5.74, 6) is 0.182. The maximum Gasteiger partial charge on any atom is 0.258 e. The first kappa shape index (κ1) is 12.9. The van der Waals surface area contributed by atoms with Gasteiger partial charge in [-0.25, -0.2) is 0 Å². The lowest BCUT2D eigenvalue weighted by atomic mass is 10.1. The van der Waals surface area contributed by atoms with E-state index in [2.05, 4.69) is 5.32 Å². The standard InChI is InChI=1S/C13H11N3O2S/c1-18-9-2-3-11(15)10(6-9)12(17)16-13-8(7-14)4-5-19-13/h2-6H,15H2,1H3,(H,16,17). The lowest BCUT2D eigenvalue weighted by Crippen LogP contribution is -2.14. The van der Waals surface area contributed by atoms with Gasteiger partial charge in [0, 0.05) is 5.69 Å². The van der Waals surface area contributed by atoms with Crippen LogP contribution in [0.1, 0.15) is 15.9 Å². The highest BCUT2D eigenvalue weighted by Gasteiger charge is 2.13. The molecule has 1 aromatic carbocycles. The average Bonchev–Trinajstić information content (AvgIpc) is 2.86. The van der Waals surface area contributed by atoms with Gasteiger partial charge in [0.15, 0.2) is 0 Å². The highest BCUT2D eigenvalue weighted by molar-refractivity contribution is 7.14. The molecule has 19 heavy (non-hydrogen) atoms. The Labute approximate surface area is 114 Å². The number of carbonyl (C=O) groups is 1. The number of ether oxygens (including phenoxy) is 1. The van der Waals surface area contributed by atoms with Crippen molar-refractivity contribution >= 4 is 27.9 Å². The summed E-state index contributed by atoms with van der Waals surface area (Å²) in [5, 5.41) is 13.8. The molecule has 0 radical (unpaired) electrons. The molecule has 1 amide bonds. The van der Waals surface area contributed by atoms with Gasteiger partial charge in [0.05, 0.1) is 18.2 Å². The Bertz CT molecular complexity index is 658. The van der Waals surface area contributed by atoms with E-state index in [1.807, 2.05) is 6.07 Å². The number of nitrogens with zero attached hydrogens (tertiary/aromatic N) is 1. The summed E-state index contributed by atoms with van der Waals surface area (Å²) in [5.41, 5.74) is 6.87. The average molecular weight is 273 g/mol. The van der Waals surface area contributed by atoms with Crippen LogP contribution in [0.4, 0.5) is 10.7 Å². The fourth-order valence-corrected chi connectivity index (χ4v) is 2.26. The molecule has 0 aliphatic rings. The number of rotatable bonds is 3. The summed E-state index contributed by atoms with van der Waals surface area (Å²) in [4.78, 5) is 12.1. The Balaban J connectivity index is 2.28. The minimum Gasteiger partial charge on any atom is -0.497 e. The van der Waals surface area contributed by atoms with E-state index in [9.17, 15) is 4.79 Å². The third-order valence-corrected chi connectivity index (χ3v) is 3.35. The van der Waals surface area contributed by atoms with Crippen molar-refractivity contribution in [1.82, 2.24) is 0 Å². The number of nitriles is 1. The Morgan fingerprint density at radius 1 is 1.47 bits per heavy atom. The number of anilines is 2. The summed E-state index contributed by atoms with van der Waals surface area (Å²) >= 11 is 1.29. The SMILES string of the molecule is COc1ccc(N)c(C(=O)Nc2sccc2C#N)c1. The van der Waals surface area contributed by atoms with E-state index in [0.717, 1.165) is 0 Å². The van der Waals surface area contributed by atoms with Gasteiger partial charge in [-0.2, -0.15) is 5.26 Å². The van der Waals surface area contributed by atoms with Gasteiger partial charge in [0.25, 0.3) is 5.91 Å². The Kier molecular flexibility index (Phi) is 3.68. The fourth-order valence-electron chi connectivity index (χ4n) is 1.52. The molecule has 0 atom stereocenters. The lowest BCUT2D eigenvalue weighted by Gasteiger charge is -2.08. The molecule has 2 aromatic rings. The van der Waals surface area contributed by atoms with Crippen LogP contribution in [-0.4, -0.2) is 13.0 Å². The molecule has 0 fully saturated rings. The Hall–Kier alpha value is -2.52. The molecule has 0 spiro atoms. The summed E-state index contributed by atoms with van der Waals surface area (Å²) in [7, 11) is 1.51. The van der Waals surface area contributed by atoms with Crippen molar-refractivity contribution in [2.75, 3.05) is 18.2 Å². The first-order valence-corrected chi connectivity index (χ1v) is 6.26. The van der Waals surface area contributed by atoms with Crippen molar-refractivity contribution < 1.29 is 9.53 Å². The zero-order valence-corrected chi connectivity index (χ0v) is 11.0. The van der Waals surface area contributed by atoms with Gasteiger partial charge in [0.2, 0.25) is 0 Å². The molecule has 5 nitrogen and oxygen atoms in total.